The van der Waals surface area contributed by atoms with Gasteiger partial charge in [-0.05, 0) is 12.1 Å². The second-order valence-electron chi connectivity index (χ2n) is 4.65. The lowest BCUT2D eigenvalue weighted by atomic mass is 10.2. The van der Waals surface area contributed by atoms with Gasteiger partial charge in [0.05, 0.1) is 29.7 Å². The Morgan fingerprint density at radius 3 is 2.67 bits per heavy atom. The van der Waals surface area contributed by atoms with Crippen LogP contribution in [0.25, 0.3) is 0 Å². The lowest BCUT2D eigenvalue weighted by Crippen LogP contribution is -2.43. The van der Waals surface area contributed by atoms with Gasteiger partial charge < -0.3 is 14.8 Å². The Hall–Kier alpha value is -1.48. The first kappa shape index (κ1) is 15.9. The predicted octanol–water partition coefficient (Wildman–Crippen LogP) is -0.262. The van der Waals surface area contributed by atoms with Crippen LogP contribution in [-0.2, 0) is 19.5 Å². The van der Waals surface area contributed by atoms with Gasteiger partial charge in [0.15, 0.2) is 0 Å². The molecule has 1 unspecified atom stereocenters. The molecule has 0 aliphatic carbocycles. The third-order valence-corrected chi connectivity index (χ3v) is 4.90. The van der Waals surface area contributed by atoms with Crippen LogP contribution in [0.3, 0.4) is 0 Å². The molecule has 1 fully saturated rings. The number of carbonyl (C=O) groups excluding carboxylic acids is 1. The van der Waals surface area contributed by atoms with Gasteiger partial charge in [0.25, 0.3) is 0 Å². The Morgan fingerprint density at radius 2 is 2.00 bits per heavy atom. The van der Waals surface area contributed by atoms with E-state index in [-0.39, 0.29) is 22.6 Å². The minimum absolute atomic E-state index is 0.00687. The van der Waals surface area contributed by atoms with Crippen molar-refractivity contribution in [1.82, 2.24) is 10.0 Å². The van der Waals surface area contributed by atoms with E-state index in [0.717, 1.165) is 0 Å². The van der Waals surface area contributed by atoms with E-state index < -0.39 is 16.0 Å². The Labute approximate surface area is 123 Å². The molecule has 1 heterocycles. The molecule has 2 atom stereocenters. The number of benzene rings is 1. The molecule has 0 spiro atoms. The number of methoxy groups -OCH3 is 2. The van der Waals surface area contributed by atoms with Gasteiger partial charge in [-0.15, -0.1) is 0 Å². The summed E-state index contributed by atoms with van der Waals surface area (Å²) >= 11 is 0. The van der Waals surface area contributed by atoms with E-state index in [1.165, 1.54) is 26.4 Å². The zero-order valence-corrected chi connectivity index (χ0v) is 12.6. The van der Waals surface area contributed by atoms with Crippen molar-refractivity contribution in [2.75, 3.05) is 27.3 Å². The third-order valence-electron chi connectivity index (χ3n) is 3.35. The number of ether oxygens (including phenoxy) is 2. The SMILES string of the molecule is COC(=O)c1ccccc1S(=O)(=O)NC1CNC[C@@H]1OC. The Bertz CT molecular complexity index is 617. The monoisotopic (exact) mass is 314 g/mol. The van der Waals surface area contributed by atoms with Crippen molar-refractivity contribution in [3.8, 4) is 0 Å². The number of hydrogen-bond acceptors (Lipinski definition) is 6. The van der Waals surface area contributed by atoms with Crippen LogP contribution in [0, 0.1) is 0 Å². The van der Waals surface area contributed by atoms with Crippen molar-refractivity contribution < 1.29 is 22.7 Å². The Balaban J connectivity index is 2.30. The van der Waals surface area contributed by atoms with Crippen LogP contribution >= 0.6 is 0 Å². The van der Waals surface area contributed by atoms with Crippen molar-refractivity contribution in [3.05, 3.63) is 29.8 Å². The Morgan fingerprint density at radius 1 is 1.29 bits per heavy atom. The van der Waals surface area contributed by atoms with Crippen LogP contribution in [0.15, 0.2) is 29.2 Å². The van der Waals surface area contributed by atoms with Gasteiger partial charge >= 0.3 is 5.97 Å². The largest absolute Gasteiger partial charge is 0.465 e. The highest BCUT2D eigenvalue weighted by Crippen LogP contribution is 2.18. The molecule has 1 aliphatic rings. The third kappa shape index (κ3) is 3.41. The summed E-state index contributed by atoms with van der Waals surface area (Å²) in [6.45, 7) is 1.04. The normalized spacial score (nSPS) is 22.2. The van der Waals surface area contributed by atoms with Gasteiger partial charge in [-0.1, -0.05) is 12.1 Å². The van der Waals surface area contributed by atoms with Crippen molar-refractivity contribution in [3.63, 3.8) is 0 Å². The molecular weight excluding hydrogens is 296 g/mol. The fraction of sp³-hybridized carbons (Fsp3) is 0.462. The Kier molecular flexibility index (Phi) is 4.94. The second kappa shape index (κ2) is 6.52. The summed E-state index contributed by atoms with van der Waals surface area (Å²) in [7, 11) is -1.10. The summed E-state index contributed by atoms with van der Waals surface area (Å²) in [6, 6.07) is 5.55. The first-order valence-electron chi connectivity index (χ1n) is 6.42. The fourth-order valence-electron chi connectivity index (χ4n) is 2.26. The van der Waals surface area contributed by atoms with E-state index in [1.807, 2.05) is 0 Å². The summed E-state index contributed by atoms with van der Waals surface area (Å²) in [5, 5.41) is 3.05. The molecule has 2 rings (SSSR count). The summed E-state index contributed by atoms with van der Waals surface area (Å²) in [4.78, 5) is 11.6. The molecule has 1 aromatic rings. The molecule has 0 bridgehead atoms. The highest BCUT2D eigenvalue weighted by Gasteiger charge is 2.32. The maximum atomic E-state index is 12.5. The van der Waals surface area contributed by atoms with Crippen LogP contribution in [-0.4, -0.2) is 53.8 Å². The molecule has 8 heteroatoms. The molecular formula is C13H18N2O5S. The van der Waals surface area contributed by atoms with Crippen molar-refractivity contribution in [1.29, 1.82) is 0 Å². The van der Waals surface area contributed by atoms with Gasteiger partial charge in [0.1, 0.15) is 0 Å². The molecule has 1 aliphatic heterocycles. The van der Waals surface area contributed by atoms with Gasteiger partial charge in [0.2, 0.25) is 10.0 Å². The number of carbonyl (C=O) groups is 1. The standard InChI is InChI=1S/C13H18N2O5S/c1-19-11-8-14-7-10(11)15-21(17,18)12-6-4-3-5-9(12)13(16)20-2/h3-6,10-11,14-15H,7-8H2,1-2H3/t10?,11-/m0/s1. The van der Waals surface area contributed by atoms with Crippen molar-refractivity contribution >= 4 is 16.0 Å². The minimum atomic E-state index is -3.84. The molecule has 0 saturated carbocycles. The number of sulfonamides is 1. The van der Waals surface area contributed by atoms with Gasteiger partial charge in [-0.2, -0.15) is 0 Å². The number of hydrogen-bond donors (Lipinski definition) is 2. The molecule has 1 saturated heterocycles. The lowest BCUT2D eigenvalue weighted by molar-refractivity contribution is 0.0596. The van der Waals surface area contributed by atoms with Gasteiger partial charge in [-0.25, -0.2) is 17.9 Å². The van der Waals surface area contributed by atoms with E-state index >= 15 is 0 Å². The van der Waals surface area contributed by atoms with E-state index in [9.17, 15) is 13.2 Å². The summed E-state index contributed by atoms with van der Waals surface area (Å²) < 4.78 is 37.4. The van der Waals surface area contributed by atoms with E-state index in [1.54, 1.807) is 12.1 Å². The number of nitrogens with one attached hydrogen (secondary N) is 2. The molecule has 0 aromatic heterocycles. The van der Waals surface area contributed by atoms with E-state index in [4.69, 9.17) is 4.74 Å². The first-order chi connectivity index (χ1) is 9.99. The predicted molar refractivity (Wildman–Crippen MR) is 75.6 cm³/mol. The van der Waals surface area contributed by atoms with Crippen molar-refractivity contribution in [2.45, 2.75) is 17.0 Å². The van der Waals surface area contributed by atoms with Crippen molar-refractivity contribution in [2.24, 2.45) is 0 Å². The van der Waals surface area contributed by atoms with Crippen LogP contribution in [0.2, 0.25) is 0 Å². The molecule has 1 aromatic carbocycles. The molecule has 21 heavy (non-hydrogen) atoms. The van der Waals surface area contributed by atoms with E-state index in [0.29, 0.717) is 13.1 Å². The van der Waals surface area contributed by atoms with Gasteiger partial charge in [0, 0.05) is 20.2 Å². The molecule has 2 N–H and O–H groups in total. The average Bonchev–Trinajstić information content (AvgIpc) is 2.92. The molecule has 0 radical (unpaired) electrons. The quantitative estimate of drug-likeness (QED) is 0.727. The van der Waals surface area contributed by atoms with Gasteiger partial charge in [-0.3, -0.25) is 0 Å². The lowest BCUT2D eigenvalue weighted by Gasteiger charge is -2.19. The zero-order valence-electron chi connectivity index (χ0n) is 11.8. The van der Waals surface area contributed by atoms with Crippen LogP contribution in [0.5, 0.6) is 0 Å². The summed E-state index contributed by atoms with van der Waals surface area (Å²) in [5.74, 6) is -0.691. The van der Waals surface area contributed by atoms with Crippen LogP contribution in [0.4, 0.5) is 0 Å². The maximum absolute atomic E-state index is 12.5. The maximum Gasteiger partial charge on any atom is 0.339 e. The number of rotatable bonds is 5. The van der Waals surface area contributed by atoms with Crippen LogP contribution in [0.1, 0.15) is 10.4 Å². The zero-order chi connectivity index (χ0) is 15.5. The van der Waals surface area contributed by atoms with Crippen LogP contribution < -0.4 is 10.0 Å². The number of esters is 1. The smallest absolute Gasteiger partial charge is 0.339 e. The fourth-order valence-corrected chi connectivity index (χ4v) is 3.72. The molecule has 0 amide bonds. The first-order valence-corrected chi connectivity index (χ1v) is 7.91. The topological polar surface area (TPSA) is 93.7 Å². The molecule has 7 nitrogen and oxygen atoms in total. The highest BCUT2D eigenvalue weighted by atomic mass is 32.2. The molecule has 116 valence electrons. The summed E-state index contributed by atoms with van der Waals surface area (Å²) in [5.41, 5.74) is 0.00687. The average molecular weight is 314 g/mol. The highest BCUT2D eigenvalue weighted by molar-refractivity contribution is 7.89. The summed E-state index contributed by atoms with van der Waals surface area (Å²) in [6.07, 6.45) is -0.245. The van der Waals surface area contributed by atoms with E-state index in [2.05, 4.69) is 14.8 Å². The minimum Gasteiger partial charge on any atom is -0.465 e. The second-order valence-corrected chi connectivity index (χ2v) is 6.33.